The molecular formula is C20H16N4O4. The van der Waals surface area contributed by atoms with Gasteiger partial charge in [-0.25, -0.2) is 4.79 Å². The maximum Gasteiger partial charge on any atom is 0.338 e. The molecule has 0 aliphatic carbocycles. The lowest BCUT2D eigenvalue weighted by Crippen LogP contribution is -2.11. The van der Waals surface area contributed by atoms with Crippen LogP contribution in [0.1, 0.15) is 35.7 Å². The number of rotatable bonds is 6. The van der Waals surface area contributed by atoms with Gasteiger partial charge in [-0.1, -0.05) is 18.2 Å². The van der Waals surface area contributed by atoms with E-state index in [1.807, 2.05) is 30.3 Å². The molecule has 0 unspecified atom stereocenters. The number of carbonyl (C=O) groups excluding carboxylic acids is 2. The topological polar surface area (TPSA) is 118 Å². The fourth-order valence-corrected chi connectivity index (χ4v) is 2.34. The molecular weight excluding hydrogens is 360 g/mol. The van der Waals surface area contributed by atoms with Crippen molar-refractivity contribution in [2.24, 2.45) is 0 Å². The van der Waals surface area contributed by atoms with Crippen LogP contribution in [-0.2, 0) is 9.53 Å². The monoisotopic (exact) mass is 376 g/mol. The minimum Gasteiger partial charge on any atom is -0.449 e. The van der Waals surface area contributed by atoms with Crippen LogP contribution < -0.4 is 5.32 Å². The number of anilines is 1. The Morgan fingerprint density at radius 3 is 2.54 bits per heavy atom. The summed E-state index contributed by atoms with van der Waals surface area (Å²) in [6.07, 6.45) is -0.969. The third kappa shape index (κ3) is 4.59. The van der Waals surface area contributed by atoms with Gasteiger partial charge in [-0.15, -0.1) is 10.2 Å². The average molecular weight is 376 g/mol. The Hall–Kier alpha value is -3.99. The Balaban J connectivity index is 1.62. The second-order valence-electron chi connectivity index (χ2n) is 5.82. The molecule has 3 rings (SSSR count). The van der Waals surface area contributed by atoms with E-state index >= 15 is 0 Å². The minimum absolute atomic E-state index is 0.188. The van der Waals surface area contributed by atoms with Crippen molar-refractivity contribution in [2.75, 3.05) is 5.32 Å². The van der Waals surface area contributed by atoms with Crippen molar-refractivity contribution in [1.29, 1.82) is 5.26 Å². The molecule has 1 N–H and O–H groups in total. The number of aromatic nitrogens is 2. The van der Waals surface area contributed by atoms with E-state index in [0.29, 0.717) is 17.1 Å². The Morgan fingerprint density at radius 1 is 1.14 bits per heavy atom. The fourth-order valence-electron chi connectivity index (χ4n) is 2.34. The van der Waals surface area contributed by atoms with Crippen molar-refractivity contribution in [3.63, 3.8) is 0 Å². The molecule has 1 heterocycles. The van der Waals surface area contributed by atoms with Gasteiger partial charge in [-0.3, -0.25) is 4.79 Å². The molecule has 8 heteroatoms. The second-order valence-corrected chi connectivity index (χ2v) is 5.82. The Kier molecular flexibility index (Phi) is 5.77. The van der Waals surface area contributed by atoms with Crippen molar-refractivity contribution in [1.82, 2.24) is 10.2 Å². The van der Waals surface area contributed by atoms with Crippen molar-refractivity contribution < 1.29 is 18.7 Å². The van der Waals surface area contributed by atoms with Crippen molar-refractivity contribution >= 4 is 17.6 Å². The minimum atomic E-state index is -0.729. The van der Waals surface area contributed by atoms with Gasteiger partial charge < -0.3 is 14.5 Å². The van der Waals surface area contributed by atoms with Gasteiger partial charge in [0.1, 0.15) is 6.42 Å². The van der Waals surface area contributed by atoms with Crippen molar-refractivity contribution in [2.45, 2.75) is 19.4 Å². The number of nitrogens with zero attached hydrogens (tertiary/aromatic N) is 3. The first-order chi connectivity index (χ1) is 13.6. The van der Waals surface area contributed by atoms with Crippen molar-refractivity contribution in [3.8, 4) is 17.5 Å². The first kappa shape index (κ1) is 18.8. The smallest absolute Gasteiger partial charge is 0.338 e. The molecule has 0 aliphatic rings. The van der Waals surface area contributed by atoms with E-state index in [1.165, 1.54) is 12.1 Å². The third-order valence-corrected chi connectivity index (χ3v) is 3.74. The van der Waals surface area contributed by atoms with Gasteiger partial charge in [0.2, 0.25) is 11.8 Å². The second kappa shape index (κ2) is 8.60. The summed E-state index contributed by atoms with van der Waals surface area (Å²) in [5.41, 5.74) is 1.55. The number of amides is 1. The summed E-state index contributed by atoms with van der Waals surface area (Å²) in [5, 5.41) is 18.9. The molecule has 1 atom stereocenters. The predicted molar refractivity (Wildman–Crippen MR) is 98.9 cm³/mol. The molecule has 0 radical (unpaired) electrons. The highest BCUT2D eigenvalue weighted by Gasteiger charge is 2.20. The van der Waals surface area contributed by atoms with E-state index in [2.05, 4.69) is 15.5 Å². The average Bonchev–Trinajstić information content (AvgIpc) is 3.20. The lowest BCUT2D eigenvalue weighted by Gasteiger charge is -2.10. The number of esters is 1. The van der Waals surface area contributed by atoms with E-state index in [-0.39, 0.29) is 12.3 Å². The van der Waals surface area contributed by atoms with Gasteiger partial charge in [-0.2, -0.15) is 5.26 Å². The van der Waals surface area contributed by atoms with Gasteiger partial charge in [0.05, 0.1) is 11.6 Å². The quantitative estimate of drug-likeness (QED) is 0.654. The van der Waals surface area contributed by atoms with Crippen LogP contribution in [0.5, 0.6) is 0 Å². The summed E-state index contributed by atoms with van der Waals surface area (Å²) >= 11 is 0. The summed E-state index contributed by atoms with van der Waals surface area (Å²) in [4.78, 5) is 23.7. The maximum absolute atomic E-state index is 12.3. The van der Waals surface area contributed by atoms with Crippen molar-refractivity contribution in [3.05, 3.63) is 66.1 Å². The lowest BCUT2D eigenvalue weighted by atomic mass is 10.2. The lowest BCUT2D eigenvalue weighted by molar-refractivity contribution is -0.115. The number of hydrogen-bond acceptors (Lipinski definition) is 7. The highest BCUT2D eigenvalue weighted by atomic mass is 16.6. The molecule has 3 aromatic rings. The van der Waals surface area contributed by atoms with Gasteiger partial charge in [0.25, 0.3) is 5.89 Å². The summed E-state index contributed by atoms with van der Waals surface area (Å²) in [5.74, 6) is -0.456. The van der Waals surface area contributed by atoms with Crippen LogP contribution in [0.3, 0.4) is 0 Å². The summed E-state index contributed by atoms with van der Waals surface area (Å²) in [6.45, 7) is 1.64. The largest absolute Gasteiger partial charge is 0.449 e. The zero-order valence-corrected chi connectivity index (χ0v) is 15.0. The zero-order valence-electron chi connectivity index (χ0n) is 15.0. The van der Waals surface area contributed by atoms with Crippen LogP contribution in [0.25, 0.3) is 11.5 Å². The van der Waals surface area contributed by atoms with Crippen LogP contribution in [0.15, 0.2) is 59.0 Å². The SMILES string of the molecule is C[C@@H](OC(=O)c1ccc(NC(=O)CC#N)cc1)c1nnc(-c2ccccc2)o1. The van der Waals surface area contributed by atoms with E-state index in [0.717, 1.165) is 5.56 Å². The van der Waals surface area contributed by atoms with Gasteiger partial charge in [0.15, 0.2) is 6.10 Å². The molecule has 0 fully saturated rings. The summed E-state index contributed by atoms with van der Waals surface area (Å²) in [7, 11) is 0. The third-order valence-electron chi connectivity index (χ3n) is 3.74. The summed E-state index contributed by atoms with van der Waals surface area (Å²) < 4.78 is 10.9. The highest BCUT2D eigenvalue weighted by Crippen LogP contribution is 2.23. The summed E-state index contributed by atoms with van der Waals surface area (Å²) in [6, 6.07) is 17.2. The van der Waals surface area contributed by atoms with Crippen LogP contribution in [0.2, 0.25) is 0 Å². The van der Waals surface area contributed by atoms with E-state index < -0.39 is 18.0 Å². The van der Waals surface area contributed by atoms with Crippen LogP contribution >= 0.6 is 0 Å². The number of carbonyl (C=O) groups is 2. The van der Waals surface area contributed by atoms with E-state index in [1.54, 1.807) is 25.1 Å². The molecule has 28 heavy (non-hydrogen) atoms. The predicted octanol–water partition coefficient (Wildman–Crippen LogP) is 3.51. The Labute approximate surface area is 160 Å². The molecule has 0 spiro atoms. The molecule has 0 saturated carbocycles. The number of nitrogens with one attached hydrogen (secondary N) is 1. The number of nitriles is 1. The number of benzene rings is 2. The molecule has 0 saturated heterocycles. The normalized spacial score (nSPS) is 11.3. The Bertz CT molecular complexity index is 1010. The fraction of sp³-hybridized carbons (Fsp3) is 0.150. The standard InChI is InChI=1S/C20H16N4O4/c1-13(18-23-24-19(28-18)14-5-3-2-4-6-14)27-20(26)15-7-9-16(10-8-15)22-17(25)11-12-21/h2-10,13H,11H2,1H3,(H,22,25)/t13-/m1/s1. The van der Waals surface area contributed by atoms with Crippen LogP contribution in [0.4, 0.5) is 5.69 Å². The molecule has 1 amide bonds. The first-order valence-electron chi connectivity index (χ1n) is 8.43. The van der Waals surface area contributed by atoms with Crippen LogP contribution in [0, 0.1) is 11.3 Å². The van der Waals surface area contributed by atoms with E-state index in [9.17, 15) is 9.59 Å². The van der Waals surface area contributed by atoms with E-state index in [4.69, 9.17) is 14.4 Å². The molecule has 1 aromatic heterocycles. The first-order valence-corrected chi connectivity index (χ1v) is 8.43. The maximum atomic E-state index is 12.3. The molecule has 0 bridgehead atoms. The van der Waals surface area contributed by atoms with Gasteiger partial charge in [0, 0.05) is 11.3 Å². The zero-order chi connectivity index (χ0) is 19.9. The molecule has 140 valence electrons. The highest BCUT2D eigenvalue weighted by molar-refractivity contribution is 5.93. The number of ether oxygens (including phenoxy) is 1. The Morgan fingerprint density at radius 2 is 1.86 bits per heavy atom. The van der Waals surface area contributed by atoms with Crippen LogP contribution in [-0.4, -0.2) is 22.1 Å². The molecule has 0 aliphatic heterocycles. The molecule has 2 aromatic carbocycles. The van der Waals surface area contributed by atoms with Gasteiger partial charge in [-0.05, 0) is 43.3 Å². The number of hydrogen-bond donors (Lipinski definition) is 1. The molecule has 8 nitrogen and oxygen atoms in total. The van der Waals surface area contributed by atoms with Gasteiger partial charge >= 0.3 is 5.97 Å².